The number of nitrogen functional groups attached to an aromatic ring is 1. The first kappa shape index (κ1) is 20.4. The van der Waals surface area contributed by atoms with E-state index in [1.807, 2.05) is 0 Å². The summed E-state index contributed by atoms with van der Waals surface area (Å²) in [6.07, 6.45) is -4.54. The number of alkyl halides is 3. The fraction of sp³-hybridized carbons (Fsp3) is 0.167. The van der Waals surface area contributed by atoms with Crippen LogP contribution >= 0.6 is 12.2 Å². The van der Waals surface area contributed by atoms with E-state index in [1.165, 1.54) is 16.8 Å². The summed E-state index contributed by atoms with van der Waals surface area (Å²) in [5.41, 5.74) is 8.43. The van der Waals surface area contributed by atoms with Gasteiger partial charge in [-0.25, -0.2) is 4.68 Å². The van der Waals surface area contributed by atoms with Crippen molar-refractivity contribution in [3.05, 3.63) is 64.4 Å². The fourth-order valence-corrected chi connectivity index (χ4v) is 2.77. The van der Waals surface area contributed by atoms with Crippen LogP contribution in [0.2, 0.25) is 0 Å². The van der Waals surface area contributed by atoms with Crippen molar-refractivity contribution in [1.29, 1.82) is 0 Å². The molecule has 1 heterocycles. The molecule has 0 aliphatic rings. The molecule has 0 fully saturated rings. The third kappa shape index (κ3) is 4.57. The molecule has 0 radical (unpaired) electrons. The van der Waals surface area contributed by atoms with E-state index in [-0.39, 0.29) is 22.8 Å². The van der Waals surface area contributed by atoms with Crippen LogP contribution in [0, 0.1) is 4.77 Å². The lowest BCUT2D eigenvalue weighted by Gasteiger charge is -2.09. The minimum absolute atomic E-state index is 0.0114. The van der Waals surface area contributed by atoms with E-state index in [0.717, 1.165) is 16.8 Å². The van der Waals surface area contributed by atoms with Crippen molar-refractivity contribution < 1.29 is 22.7 Å². The fourth-order valence-electron chi connectivity index (χ4n) is 2.52. The van der Waals surface area contributed by atoms with Gasteiger partial charge < -0.3 is 10.5 Å². The Morgan fingerprint density at radius 2 is 1.93 bits per heavy atom. The summed E-state index contributed by atoms with van der Waals surface area (Å²) >= 11 is 5.28. The highest BCUT2D eigenvalue weighted by atomic mass is 32.1. The Labute approximate surface area is 168 Å². The zero-order valence-electron chi connectivity index (χ0n) is 15.1. The van der Waals surface area contributed by atoms with Crippen LogP contribution in [0.15, 0.2) is 48.5 Å². The van der Waals surface area contributed by atoms with E-state index in [4.69, 9.17) is 22.7 Å². The van der Waals surface area contributed by atoms with Gasteiger partial charge in [-0.05, 0) is 48.6 Å². The van der Waals surface area contributed by atoms with Crippen molar-refractivity contribution >= 4 is 29.6 Å². The van der Waals surface area contributed by atoms with Crippen LogP contribution in [0.1, 0.15) is 15.9 Å². The monoisotopic (exact) mass is 423 g/mol. The van der Waals surface area contributed by atoms with Crippen molar-refractivity contribution in [2.24, 2.45) is 0 Å². The van der Waals surface area contributed by atoms with Crippen molar-refractivity contribution in [2.45, 2.75) is 12.7 Å². The molecular weight excluding hydrogens is 407 g/mol. The Balaban J connectivity index is 1.81. The highest BCUT2D eigenvalue weighted by molar-refractivity contribution is 7.71. The minimum Gasteiger partial charge on any atom is -0.497 e. The molecule has 0 bridgehead atoms. The maximum atomic E-state index is 12.9. The van der Waals surface area contributed by atoms with Gasteiger partial charge in [0.1, 0.15) is 12.3 Å². The lowest BCUT2D eigenvalue weighted by molar-refractivity contribution is -0.137. The molecule has 1 aromatic heterocycles. The lowest BCUT2D eigenvalue weighted by atomic mass is 10.1. The van der Waals surface area contributed by atoms with Gasteiger partial charge in [-0.1, -0.05) is 12.1 Å². The first-order valence-electron chi connectivity index (χ1n) is 8.26. The summed E-state index contributed by atoms with van der Waals surface area (Å²) in [4.78, 5) is 12.4. The number of aromatic nitrogens is 3. The Hall–Kier alpha value is -3.34. The van der Waals surface area contributed by atoms with Gasteiger partial charge in [-0.2, -0.15) is 17.8 Å². The van der Waals surface area contributed by atoms with Crippen LogP contribution in [0.5, 0.6) is 5.75 Å². The molecule has 0 aliphatic carbocycles. The molecule has 0 saturated heterocycles. The van der Waals surface area contributed by atoms with Crippen LogP contribution in [0.3, 0.4) is 0 Å². The van der Waals surface area contributed by atoms with Crippen molar-refractivity contribution in [1.82, 2.24) is 14.5 Å². The molecule has 29 heavy (non-hydrogen) atoms. The molecule has 11 heteroatoms. The average Bonchev–Trinajstić information content (AvgIpc) is 2.95. The van der Waals surface area contributed by atoms with Crippen LogP contribution in [0.25, 0.3) is 0 Å². The second-order valence-electron chi connectivity index (χ2n) is 5.98. The van der Waals surface area contributed by atoms with E-state index in [2.05, 4.69) is 10.5 Å². The standard InChI is InChI=1S/C18H16F3N5O2S/c1-28-14-7-5-13(6-8-14)23-26-16(22)24-25(17(26)29)10-15(27)11-3-2-4-12(9-11)18(19,20)21/h2-9,23H,10H2,1H3,(H2,22,24). The first-order valence-corrected chi connectivity index (χ1v) is 8.67. The van der Waals surface area contributed by atoms with Crippen LogP contribution in [-0.2, 0) is 12.7 Å². The molecule has 0 atom stereocenters. The maximum absolute atomic E-state index is 12.9. The number of nitrogens with one attached hydrogen (secondary N) is 1. The lowest BCUT2D eigenvalue weighted by Crippen LogP contribution is -2.15. The summed E-state index contributed by atoms with van der Waals surface area (Å²) < 4.78 is 46.2. The van der Waals surface area contributed by atoms with Crippen molar-refractivity contribution in [3.63, 3.8) is 0 Å². The van der Waals surface area contributed by atoms with Crippen LogP contribution in [0.4, 0.5) is 24.8 Å². The zero-order valence-corrected chi connectivity index (χ0v) is 15.9. The Bertz CT molecular complexity index is 1090. The molecule has 0 aliphatic heterocycles. The number of halogens is 3. The van der Waals surface area contributed by atoms with E-state index in [9.17, 15) is 18.0 Å². The number of hydrogen-bond donors (Lipinski definition) is 2. The van der Waals surface area contributed by atoms with Gasteiger partial charge in [-0.3, -0.25) is 10.2 Å². The smallest absolute Gasteiger partial charge is 0.416 e. The molecule has 0 saturated carbocycles. The SMILES string of the molecule is COc1ccc(Nn2c(N)nn(CC(=O)c3cccc(C(F)(F)F)c3)c2=S)cc1. The number of Topliss-reactive ketones (excluding diaryl/α,β-unsaturated/α-hetero) is 1. The number of methoxy groups -OCH3 is 1. The van der Waals surface area contributed by atoms with Crippen LogP contribution in [-0.4, -0.2) is 27.3 Å². The van der Waals surface area contributed by atoms with Gasteiger partial charge in [0.05, 0.1) is 18.4 Å². The molecule has 0 unspecified atom stereocenters. The molecule has 152 valence electrons. The van der Waals surface area contributed by atoms with Crippen molar-refractivity contribution in [2.75, 3.05) is 18.3 Å². The second kappa shape index (κ2) is 7.95. The number of anilines is 2. The Morgan fingerprint density at radius 3 is 2.55 bits per heavy atom. The molecule has 0 spiro atoms. The van der Waals surface area contributed by atoms with Gasteiger partial charge in [0.15, 0.2) is 5.78 Å². The van der Waals surface area contributed by atoms with Gasteiger partial charge >= 0.3 is 6.18 Å². The Morgan fingerprint density at radius 1 is 1.24 bits per heavy atom. The third-order valence-corrected chi connectivity index (χ3v) is 4.39. The molecule has 0 amide bonds. The number of benzene rings is 2. The molecule has 7 nitrogen and oxygen atoms in total. The third-order valence-electron chi connectivity index (χ3n) is 4.00. The molecule has 3 rings (SSSR count). The first-order chi connectivity index (χ1) is 13.7. The maximum Gasteiger partial charge on any atom is 0.416 e. The van der Waals surface area contributed by atoms with Gasteiger partial charge in [0.25, 0.3) is 0 Å². The van der Waals surface area contributed by atoms with E-state index < -0.39 is 17.5 Å². The van der Waals surface area contributed by atoms with E-state index in [0.29, 0.717) is 11.4 Å². The number of carbonyl (C=O) groups is 1. The number of ketones is 1. The zero-order chi connectivity index (χ0) is 21.2. The molecule has 3 N–H and O–H groups in total. The summed E-state index contributed by atoms with van der Waals surface area (Å²) in [5.74, 6) is 0.0680. The summed E-state index contributed by atoms with van der Waals surface area (Å²) in [5, 5.41) is 4.00. The number of nitrogens with two attached hydrogens (primary N) is 1. The average molecular weight is 423 g/mol. The van der Waals surface area contributed by atoms with Gasteiger partial charge in [0, 0.05) is 5.56 Å². The topological polar surface area (TPSA) is 87.1 Å². The minimum atomic E-state index is -4.54. The summed E-state index contributed by atoms with van der Waals surface area (Å²) in [6, 6.07) is 11.1. The Kier molecular flexibility index (Phi) is 5.59. The van der Waals surface area contributed by atoms with Gasteiger partial charge in [0.2, 0.25) is 10.7 Å². The van der Waals surface area contributed by atoms with E-state index in [1.54, 1.807) is 31.4 Å². The summed E-state index contributed by atoms with van der Waals surface area (Å²) in [7, 11) is 1.54. The largest absolute Gasteiger partial charge is 0.497 e. The van der Waals surface area contributed by atoms with E-state index >= 15 is 0 Å². The molecular formula is C18H16F3N5O2S. The molecule has 3 aromatic rings. The van der Waals surface area contributed by atoms with Crippen LogP contribution < -0.4 is 15.9 Å². The number of rotatable bonds is 6. The predicted molar refractivity (Wildman–Crippen MR) is 103 cm³/mol. The number of hydrogen-bond acceptors (Lipinski definition) is 6. The van der Waals surface area contributed by atoms with Crippen molar-refractivity contribution in [3.8, 4) is 5.75 Å². The second-order valence-corrected chi connectivity index (χ2v) is 6.34. The number of ether oxygens (including phenoxy) is 1. The number of nitrogens with zero attached hydrogens (tertiary/aromatic N) is 3. The number of carbonyl (C=O) groups excluding carboxylic acids is 1. The highest BCUT2D eigenvalue weighted by Crippen LogP contribution is 2.29. The quantitative estimate of drug-likeness (QED) is 0.464. The predicted octanol–water partition coefficient (Wildman–Crippen LogP) is 3.78. The highest BCUT2D eigenvalue weighted by Gasteiger charge is 2.31. The summed E-state index contributed by atoms with van der Waals surface area (Å²) in [6.45, 7) is -0.359. The van der Waals surface area contributed by atoms with Gasteiger partial charge in [-0.15, -0.1) is 5.10 Å². The normalized spacial score (nSPS) is 11.3. The molecule has 2 aromatic carbocycles.